The monoisotopic (exact) mass is 474 g/mol. The predicted molar refractivity (Wildman–Crippen MR) is 117 cm³/mol. The van der Waals surface area contributed by atoms with Crippen LogP contribution in [0.5, 0.6) is 0 Å². The maximum atomic E-state index is 12.7. The Morgan fingerprint density at radius 2 is 2.25 bits per heavy atom. The summed E-state index contributed by atoms with van der Waals surface area (Å²) >= 11 is 2.51. The van der Waals surface area contributed by atoms with E-state index in [2.05, 4.69) is 20.4 Å². The van der Waals surface area contributed by atoms with E-state index in [1.54, 1.807) is 29.8 Å². The Morgan fingerprint density at radius 1 is 1.41 bits per heavy atom. The van der Waals surface area contributed by atoms with Gasteiger partial charge in [-0.05, 0) is 12.1 Å². The summed E-state index contributed by atoms with van der Waals surface area (Å²) < 4.78 is 5.27. The maximum Gasteiger partial charge on any atom is 0.336 e. The third-order valence-corrected chi connectivity index (χ3v) is 6.57. The molecule has 11 nitrogen and oxygen atoms in total. The number of rotatable bonds is 7. The summed E-state index contributed by atoms with van der Waals surface area (Å²) in [5.41, 5.74) is 6.78. The fourth-order valence-electron chi connectivity index (χ4n) is 3.04. The Hall–Kier alpha value is -3.45. The first kappa shape index (κ1) is 21.8. The third-order valence-electron chi connectivity index (χ3n) is 4.57. The predicted octanol–water partition coefficient (Wildman–Crippen LogP) is 0.498. The Kier molecular flexibility index (Phi) is 6.37. The second kappa shape index (κ2) is 9.36. The molecule has 1 unspecified atom stereocenters. The number of hydrogen-bond acceptors (Lipinski definition) is 11. The number of anilines is 1. The van der Waals surface area contributed by atoms with Gasteiger partial charge in [0.1, 0.15) is 30.8 Å². The van der Waals surface area contributed by atoms with Gasteiger partial charge in [-0.3, -0.25) is 14.6 Å². The SMILES string of the molecule is CON=C(C(=O)NC1C(=O)N2C=C(C(=O)OCc3ccccn3)CS[C@H]12)c1csc(N)n1. The lowest BCUT2D eigenvalue weighted by atomic mass is 10.1. The second-order valence-corrected chi connectivity index (χ2v) is 8.64. The fraction of sp³-hybridized carbons (Fsp3) is 0.263. The first-order chi connectivity index (χ1) is 15.5. The van der Waals surface area contributed by atoms with Crippen molar-refractivity contribution in [3.05, 3.63) is 52.9 Å². The smallest absolute Gasteiger partial charge is 0.336 e. The number of amides is 2. The molecule has 0 spiro atoms. The van der Waals surface area contributed by atoms with Crippen molar-refractivity contribution in [3.8, 4) is 0 Å². The lowest BCUT2D eigenvalue weighted by Gasteiger charge is -2.47. The number of pyridine rings is 1. The highest BCUT2D eigenvalue weighted by atomic mass is 32.2. The molecule has 2 atom stereocenters. The standard InChI is InChI=1S/C19H18N6O5S2/c1-29-24-13(12-9-32-19(20)22-12)15(26)23-14-16(27)25-6-10(8-31-17(14)25)18(28)30-7-11-4-2-3-5-21-11/h2-6,9,14,17H,7-8H2,1H3,(H2,20,22)(H,23,26)/t14?,17-/m1/s1. The van der Waals surface area contributed by atoms with Crippen molar-refractivity contribution < 1.29 is 24.0 Å². The summed E-state index contributed by atoms with van der Waals surface area (Å²) in [7, 11) is 1.30. The first-order valence-corrected chi connectivity index (χ1v) is 11.3. The lowest BCUT2D eigenvalue weighted by molar-refractivity contribution is -0.144. The van der Waals surface area contributed by atoms with Gasteiger partial charge in [0.25, 0.3) is 11.8 Å². The van der Waals surface area contributed by atoms with Crippen LogP contribution in [0.25, 0.3) is 0 Å². The van der Waals surface area contributed by atoms with Crippen LogP contribution in [0.4, 0.5) is 5.13 Å². The molecule has 4 heterocycles. The molecule has 4 rings (SSSR count). The molecule has 2 aliphatic heterocycles. The van der Waals surface area contributed by atoms with Gasteiger partial charge >= 0.3 is 5.97 Å². The van der Waals surface area contributed by atoms with E-state index in [0.717, 1.165) is 11.3 Å². The Bertz CT molecular complexity index is 1100. The van der Waals surface area contributed by atoms with Gasteiger partial charge in [-0.2, -0.15) is 0 Å². The highest BCUT2D eigenvalue weighted by Gasteiger charge is 2.50. The molecule has 1 saturated heterocycles. The molecule has 2 amide bonds. The molecule has 3 N–H and O–H groups in total. The molecule has 2 aromatic heterocycles. The molecule has 0 bridgehead atoms. The first-order valence-electron chi connectivity index (χ1n) is 9.33. The molecule has 166 valence electrons. The summed E-state index contributed by atoms with van der Waals surface area (Å²) in [6.07, 6.45) is 3.08. The summed E-state index contributed by atoms with van der Waals surface area (Å²) in [6, 6.07) is 4.55. The van der Waals surface area contributed by atoms with Crippen molar-refractivity contribution >= 4 is 51.7 Å². The van der Waals surface area contributed by atoms with Crippen LogP contribution in [0.1, 0.15) is 11.4 Å². The maximum absolute atomic E-state index is 12.7. The number of esters is 1. The number of thioether (sulfide) groups is 1. The third kappa shape index (κ3) is 4.43. The van der Waals surface area contributed by atoms with Crippen LogP contribution in [-0.4, -0.2) is 62.6 Å². The van der Waals surface area contributed by atoms with Crippen molar-refractivity contribution in [2.24, 2.45) is 5.16 Å². The number of nitrogens with zero attached hydrogens (tertiary/aromatic N) is 4. The van der Waals surface area contributed by atoms with Crippen LogP contribution in [0.3, 0.4) is 0 Å². The minimum atomic E-state index is -0.770. The van der Waals surface area contributed by atoms with E-state index in [9.17, 15) is 14.4 Å². The zero-order valence-electron chi connectivity index (χ0n) is 16.8. The number of hydrogen-bond donors (Lipinski definition) is 2. The number of nitrogen functional groups attached to an aromatic ring is 1. The van der Waals surface area contributed by atoms with E-state index in [1.165, 1.54) is 30.0 Å². The van der Waals surface area contributed by atoms with Gasteiger partial charge in [0.15, 0.2) is 10.8 Å². The van der Waals surface area contributed by atoms with Gasteiger partial charge in [-0.15, -0.1) is 23.1 Å². The minimum Gasteiger partial charge on any atom is -0.456 e. The molecular formula is C19H18N6O5S2. The average molecular weight is 475 g/mol. The van der Waals surface area contributed by atoms with Gasteiger partial charge in [-0.25, -0.2) is 9.78 Å². The van der Waals surface area contributed by atoms with Crippen LogP contribution < -0.4 is 11.1 Å². The average Bonchev–Trinajstić information content (AvgIpc) is 3.25. The summed E-state index contributed by atoms with van der Waals surface area (Å²) in [4.78, 5) is 51.9. The van der Waals surface area contributed by atoms with Gasteiger partial charge < -0.3 is 25.5 Å². The molecule has 32 heavy (non-hydrogen) atoms. The van der Waals surface area contributed by atoms with Crippen LogP contribution >= 0.6 is 23.1 Å². The highest BCUT2D eigenvalue weighted by Crippen LogP contribution is 2.36. The number of nitrogens with two attached hydrogens (primary N) is 1. The molecule has 0 aromatic carbocycles. The van der Waals surface area contributed by atoms with E-state index >= 15 is 0 Å². The van der Waals surface area contributed by atoms with Gasteiger partial charge in [0.05, 0.1) is 11.3 Å². The molecule has 0 saturated carbocycles. The van der Waals surface area contributed by atoms with E-state index in [0.29, 0.717) is 17.0 Å². The number of β-lactam (4-membered cyclic amide) rings is 1. The quantitative estimate of drug-likeness (QED) is 0.253. The Labute approximate surface area is 190 Å². The number of ether oxygens (including phenoxy) is 1. The largest absolute Gasteiger partial charge is 0.456 e. The van der Waals surface area contributed by atoms with E-state index < -0.39 is 17.9 Å². The van der Waals surface area contributed by atoms with Crippen LogP contribution in [0.2, 0.25) is 0 Å². The number of nitrogens with one attached hydrogen (secondary N) is 1. The van der Waals surface area contributed by atoms with Gasteiger partial charge in [0.2, 0.25) is 0 Å². The fourth-order valence-corrected chi connectivity index (χ4v) is 4.84. The topological polar surface area (TPSA) is 149 Å². The summed E-state index contributed by atoms with van der Waals surface area (Å²) in [5.74, 6) is -1.14. The second-order valence-electron chi connectivity index (χ2n) is 6.64. The number of carbonyl (C=O) groups excluding carboxylic acids is 3. The Balaban J connectivity index is 1.37. The van der Waals surface area contributed by atoms with Crippen molar-refractivity contribution in [2.45, 2.75) is 18.0 Å². The molecule has 1 fully saturated rings. The molecule has 0 radical (unpaired) electrons. The molecule has 2 aliphatic rings. The summed E-state index contributed by atoms with van der Waals surface area (Å²) in [6.45, 7) is 0.0421. The van der Waals surface area contributed by atoms with Crippen molar-refractivity contribution in [1.82, 2.24) is 20.2 Å². The number of oxime groups is 1. The van der Waals surface area contributed by atoms with Gasteiger partial charge in [0, 0.05) is 23.5 Å². The highest BCUT2D eigenvalue weighted by molar-refractivity contribution is 8.00. The Morgan fingerprint density at radius 3 is 2.94 bits per heavy atom. The summed E-state index contributed by atoms with van der Waals surface area (Å²) in [5, 5.41) is 7.87. The van der Waals surface area contributed by atoms with E-state index in [-0.39, 0.29) is 34.4 Å². The minimum absolute atomic E-state index is 0.0421. The van der Waals surface area contributed by atoms with Crippen molar-refractivity contribution in [2.75, 3.05) is 18.6 Å². The molecular weight excluding hydrogens is 456 g/mol. The normalized spacial score (nSPS) is 20.0. The van der Waals surface area contributed by atoms with Crippen LogP contribution in [0.15, 0.2) is 46.7 Å². The zero-order valence-corrected chi connectivity index (χ0v) is 18.4. The van der Waals surface area contributed by atoms with E-state index in [1.807, 2.05) is 0 Å². The van der Waals surface area contributed by atoms with Gasteiger partial charge in [-0.1, -0.05) is 11.2 Å². The number of fused-ring (bicyclic) bond motifs is 1. The van der Waals surface area contributed by atoms with E-state index in [4.69, 9.17) is 15.3 Å². The number of thiazole rings is 1. The lowest BCUT2D eigenvalue weighted by Crippen LogP contribution is -2.69. The zero-order chi connectivity index (χ0) is 22.7. The molecule has 2 aromatic rings. The number of carbonyl (C=O) groups is 3. The molecule has 0 aliphatic carbocycles. The van der Waals surface area contributed by atoms with Crippen molar-refractivity contribution in [1.29, 1.82) is 0 Å². The van der Waals surface area contributed by atoms with Crippen molar-refractivity contribution in [3.63, 3.8) is 0 Å². The van der Waals surface area contributed by atoms with Crippen LogP contribution in [0, 0.1) is 0 Å². The van der Waals surface area contributed by atoms with Crippen LogP contribution in [-0.2, 0) is 30.6 Å². The number of aromatic nitrogens is 2. The molecule has 13 heteroatoms.